The standard InChI is InChI=1S/C11H21NO/c1-2-10(7-13)12-11(8-3-4-8)9-5-6-9/h8-13H,2-7H2,1H3/t10-/m0/s1. The third-order valence-electron chi connectivity index (χ3n) is 3.40. The maximum Gasteiger partial charge on any atom is 0.0584 e. The van der Waals surface area contributed by atoms with Crippen LogP contribution in [0.2, 0.25) is 0 Å². The number of hydrogen-bond donors (Lipinski definition) is 2. The summed E-state index contributed by atoms with van der Waals surface area (Å²) in [6, 6.07) is 1.07. The van der Waals surface area contributed by atoms with Gasteiger partial charge in [-0.25, -0.2) is 0 Å². The molecule has 13 heavy (non-hydrogen) atoms. The number of aliphatic hydroxyl groups excluding tert-OH is 1. The third-order valence-corrected chi connectivity index (χ3v) is 3.40. The Morgan fingerprint density at radius 1 is 1.23 bits per heavy atom. The van der Waals surface area contributed by atoms with Gasteiger partial charge in [0.15, 0.2) is 0 Å². The summed E-state index contributed by atoms with van der Waals surface area (Å²) < 4.78 is 0. The summed E-state index contributed by atoms with van der Waals surface area (Å²) in [5, 5.41) is 12.7. The Bertz CT molecular complexity index is 147. The molecule has 2 heteroatoms. The molecule has 2 rings (SSSR count). The van der Waals surface area contributed by atoms with Crippen molar-refractivity contribution in [3.8, 4) is 0 Å². The molecule has 0 saturated heterocycles. The molecular weight excluding hydrogens is 162 g/mol. The van der Waals surface area contributed by atoms with E-state index in [1.165, 1.54) is 25.7 Å². The van der Waals surface area contributed by atoms with E-state index < -0.39 is 0 Å². The smallest absolute Gasteiger partial charge is 0.0584 e. The zero-order chi connectivity index (χ0) is 9.26. The van der Waals surface area contributed by atoms with Gasteiger partial charge < -0.3 is 10.4 Å². The summed E-state index contributed by atoms with van der Waals surface area (Å²) in [6.07, 6.45) is 6.70. The molecule has 0 unspecified atom stereocenters. The fourth-order valence-corrected chi connectivity index (χ4v) is 2.14. The Balaban J connectivity index is 1.80. The highest BCUT2D eigenvalue weighted by atomic mass is 16.3. The van der Waals surface area contributed by atoms with E-state index in [-0.39, 0.29) is 0 Å². The highest BCUT2D eigenvalue weighted by Crippen LogP contribution is 2.44. The molecule has 2 fully saturated rings. The van der Waals surface area contributed by atoms with Crippen molar-refractivity contribution in [1.29, 1.82) is 0 Å². The number of nitrogens with one attached hydrogen (secondary N) is 1. The first kappa shape index (κ1) is 9.47. The van der Waals surface area contributed by atoms with Gasteiger partial charge in [0, 0.05) is 12.1 Å². The minimum Gasteiger partial charge on any atom is -0.395 e. The lowest BCUT2D eigenvalue weighted by atomic mass is 10.1. The van der Waals surface area contributed by atoms with Crippen molar-refractivity contribution < 1.29 is 5.11 Å². The monoisotopic (exact) mass is 183 g/mol. The lowest BCUT2D eigenvalue weighted by Crippen LogP contribution is -2.42. The molecule has 0 aromatic heterocycles. The molecule has 2 N–H and O–H groups in total. The lowest BCUT2D eigenvalue weighted by Gasteiger charge is -2.23. The quantitative estimate of drug-likeness (QED) is 0.654. The Morgan fingerprint density at radius 2 is 1.77 bits per heavy atom. The SMILES string of the molecule is CC[C@@H](CO)NC(C1CC1)C1CC1. The topological polar surface area (TPSA) is 32.3 Å². The lowest BCUT2D eigenvalue weighted by molar-refractivity contribution is 0.217. The second kappa shape index (κ2) is 3.97. The van der Waals surface area contributed by atoms with Gasteiger partial charge in [0.05, 0.1) is 6.61 Å². The first-order valence-corrected chi connectivity index (χ1v) is 5.72. The van der Waals surface area contributed by atoms with Crippen LogP contribution in [0.25, 0.3) is 0 Å². The predicted octanol–water partition coefficient (Wildman–Crippen LogP) is 1.54. The van der Waals surface area contributed by atoms with Crippen LogP contribution in [0.4, 0.5) is 0 Å². The minimum absolute atomic E-state index is 0.298. The summed E-state index contributed by atoms with van der Waals surface area (Å²) in [6.45, 7) is 2.44. The molecular formula is C11H21NO. The Labute approximate surface area is 80.7 Å². The van der Waals surface area contributed by atoms with Gasteiger partial charge in [0.25, 0.3) is 0 Å². The summed E-state index contributed by atoms with van der Waals surface area (Å²) in [4.78, 5) is 0. The number of aliphatic hydroxyl groups is 1. The Morgan fingerprint density at radius 3 is 2.08 bits per heavy atom. The van der Waals surface area contributed by atoms with Gasteiger partial charge in [-0.1, -0.05) is 6.92 Å². The average molecular weight is 183 g/mol. The van der Waals surface area contributed by atoms with Crippen molar-refractivity contribution in [2.75, 3.05) is 6.61 Å². The highest BCUT2D eigenvalue weighted by Gasteiger charge is 2.41. The zero-order valence-electron chi connectivity index (χ0n) is 8.50. The van der Waals surface area contributed by atoms with Crippen molar-refractivity contribution in [3.63, 3.8) is 0 Å². The van der Waals surface area contributed by atoms with E-state index in [0.717, 1.165) is 24.3 Å². The van der Waals surface area contributed by atoms with Crippen LogP contribution in [-0.2, 0) is 0 Å². The largest absolute Gasteiger partial charge is 0.395 e. The summed E-state index contributed by atoms with van der Waals surface area (Å²) in [5.74, 6) is 1.88. The van der Waals surface area contributed by atoms with E-state index in [0.29, 0.717) is 12.6 Å². The maximum atomic E-state index is 9.12. The normalized spacial score (nSPS) is 25.2. The molecule has 2 saturated carbocycles. The van der Waals surface area contributed by atoms with Crippen molar-refractivity contribution >= 4 is 0 Å². The molecule has 76 valence electrons. The van der Waals surface area contributed by atoms with E-state index in [4.69, 9.17) is 5.11 Å². The van der Waals surface area contributed by atoms with Crippen molar-refractivity contribution in [1.82, 2.24) is 5.32 Å². The molecule has 0 spiro atoms. The van der Waals surface area contributed by atoms with Crippen LogP contribution in [0, 0.1) is 11.8 Å². The van der Waals surface area contributed by atoms with Gasteiger partial charge >= 0.3 is 0 Å². The Hall–Kier alpha value is -0.0800. The van der Waals surface area contributed by atoms with E-state index in [2.05, 4.69) is 12.2 Å². The van der Waals surface area contributed by atoms with Crippen LogP contribution in [0.5, 0.6) is 0 Å². The van der Waals surface area contributed by atoms with Gasteiger partial charge in [-0.2, -0.15) is 0 Å². The van der Waals surface area contributed by atoms with Crippen molar-refractivity contribution in [3.05, 3.63) is 0 Å². The van der Waals surface area contributed by atoms with E-state index in [1.807, 2.05) is 0 Å². The predicted molar refractivity (Wildman–Crippen MR) is 53.5 cm³/mol. The van der Waals surface area contributed by atoms with Crippen LogP contribution in [-0.4, -0.2) is 23.8 Å². The second-order valence-corrected chi connectivity index (χ2v) is 4.66. The molecule has 2 nitrogen and oxygen atoms in total. The highest BCUT2D eigenvalue weighted by molar-refractivity contribution is 4.97. The average Bonchev–Trinajstić information content (AvgIpc) is 3.01. The fourth-order valence-electron chi connectivity index (χ4n) is 2.14. The Kier molecular flexibility index (Phi) is 2.89. The van der Waals surface area contributed by atoms with Crippen molar-refractivity contribution in [2.45, 2.75) is 51.1 Å². The van der Waals surface area contributed by atoms with E-state index in [9.17, 15) is 0 Å². The minimum atomic E-state index is 0.298. The zero-order valence-corrected chi connectivity index (χ0v) is 8.50. The molecule has 1 atom stereocenters. The van der Waals surface area contributed by atoms with E-state index in [1.54, 1.807) is 0 Å². The van der Waals surface area contributed by atoms with Crippen LogP contribution in [0.3, 0.4) is 0 Å². The van der Waals surface area contributed by atoms with Gasteiger partial charge in [-0.3, -0.25) is 0 Å². The number of rotatable bonds is 6. The van der Waals surface area contributed by atoms with Crippen LogP contribution >= 0.6 is 0 Å². The fraction of sp³-hybridized carbons (Fsp3) is 1.00. The molecule has 0 aromatic carbocycles. The first-order valence-electron chi connectivity index (χ1n) is 5.72. The molecule has 0 aliphatic heterocycles. The molecule has 0 radical (unpaired) electrons. The molecule has 2 aliphatic rings. The molecule has 0 heterocycles. The second-order valence-electron chi connectivity index (χ2n) is 4.66. The summed E-state index contributed by atoms with van der Waals surface area (Å²) in [7, 11) is 0. The van der Waals surface area contributed by atoms with Crippen molar-refractivity contribution in [2.24, 2.45) is 11.8 Å². The van der Waals surface area contributed by atoms with Gasteiger partial charge in [-0.15, -0.1) is 0 Å². The first-order chi connectivity index (χ1) is 6.35. The molecule has 0 amide bonds. The van der Waals surface area contributed by atoms with Gasteiger partial charge in [-0.05, 0) is 43.9 Å². The van der Waals surface area contributed by atoms with Crippen LogP contribution in [0.15, 0.2) is 0 Å². The van der Waals surface area contributed by atoms with E-state index >= 15 is 0 Å². The maximum absolute atomic E-state index is 9.12. The van der Waals surface area contributed by atoms with Crippen LogP contribution < -0.4 is 5.32 Å². The van der Waals surface area contributed by atoms with Gasteiger partial charge in [0.2, 0.25) is 0 Å². The molecule has 0 aromatic rings. The summed E-state index contributed by atoms with van der Waals surface area (Å²) in [5.41, 5.74) is 0. The number of hydrogen-bond acceptors (Lipinski definition) is 2. The molecule has 0 bridgehead atoms. The molecule has 2 aliphatic carbocycles. The van der Waals surface area contributed by atoms with Gasteiger partial charge in [0.1, 0.15) is 0 Å². The summed E-state index contributed by atoms with van der Waals surface area (Å²) >= 11 is 0. The third kappa shape index (κ3) is 2.44. The van der Waals surface area contributed by atoms with Crippen LogP contribution in [0.1, 0.15) is 39.0 Å².